The molecule has 16 heavy (non-hydrogen) atoms. The zero-order valence-corrected chi connectivity index (χ0v) is 10.4. The van der Waals surface area contributed by atoms with E-state index in [4.69, 9.17) is 5.73 Å². The monoisotopic (exact) mass is 284 g/mol. The van der Waals surface area contributed by atoms with E-state index in [1.807, 2.05) is 6.07 Å². The van der Waals surface area contributed by atoms with Crippen molar-refractivity contribution >= 4 is 21.6 Å². The van der Waals surface area contributed by atoms with Crippen LogP contribution in [0.1, 0.15) is 24.8 Å². The van der Waals surface area contributed by atoms with Gasteiger partial charge in [-0.3, -0.25) is 10.1 Å². The lowest BCUT2D eigenvalue weighted by atomic mass is 9.64. The van der Waals surface area contributed by atoms with E-state index in [0.29, 0.717) is 6.54 Å². The number of hydrogen-bond acceptors (Lipinski definition) is 3. The van der Waals surface area contributed by atoms with E-state index >= 15 is 0 Å². The number of nitro groups is 1. The van der Waals surface area contributed by atoms with Crippen LogP contribution in [0.2, 0.25) is 0 Å². The zero-order chi connectivity index (χ0) is 11.8. The second-order valence-corrected chi connectivity index (χ2v) is 5.21. The molecule has 0 saturated heterocycles. The van der Waals surface area contributed by atoms with Crippen LogP contribution in [-0.4, -0.2) is 11.5 Å². The first-order chi connectivity index (χ1) is 7.57. The number of non-ortho nitro benzene ring substituents is 1. The van der Waals surface area contributed by atoms with E-state index in [1.165, 1.54) is 6.07 Å². The summed E-state index contributed by atoms with van der Waals surface area (Å²) >= 11 is 3.31. The van der Waals surface area contributed by atoms with Gasteiger partial charge in [0.2, 0.25) is 0 Å². The maximum atomic E-state index is 10.8. The molecule has 1 fully saturated rings. The van der Waals surface area contributed by atoms with Gasteiger partial charge in [0.15, 0.2) is 0 Å². The minimum atomic E-state index is -0.364. The summed E-state index contributed by atoms with van der Waals surface area (Å²) in [5.41, 5.74) is 6.88. The van der Waals surface area contributed by atoms with Crippen molar-refractivity contribution in [3.05, 3.63) is 38.3 Å². The largest absolute Gasteiger partial charge is 0.330 e. The van der Waals surface area contributed by atoms with E-state index in [0.717, 1.165) is 29.3 Å². The first-order valence-corrected chi connectivity index (χ1v) is 6.02. The summed E-state index contributed by atoms with van der Waals surface area (Å²) in [4.78, 5) is 10.4. The molecule has 0 aromatic heterocycles. The molecule has 0 bridgehead atoms. The van der Waals surface area contributed by atoms with Crippen molar-refractivity contribution in [1.29, 1.82) is 0 Å². The van der Waals surface area contributed by atoms with Gasteiger partial charge in [0.1, 0.15) is 0 Å². The van der Waals surface area contributed by atoms with E-state index in [1.54, 1.807) is 6.07 Å². The van der Waals surface area contributed by atoms with Crippen LogP contribution < -0.4 is 5.73 Å². The molecule has 0 amide bonds. The summed E-state index contributed by atoms with van der Waals surface area (Å²) in [6, 6.07) is 5.11. The predicted octanol–water partition coefficient (Wildman–Crippen LogP) is 2.74. The van der Waals surface area contributed by atoms with Gasteiger partial charge in [-0.25, -0.2) is 0 Å². The summed E-state index contributed by atoms with van der Waals surface area (Å²) < 4.78 is 0.747. The highest BCUT2D eigenvalue weighted by Gasteiger charge is 2.38. The van der Waals surface area contributed by atoms with Gasteiger partial charge in [-0.1, -0.05) is 22.4 Å². The van der Waals surface area contributed by atoms with Crippen LogP contribution in [0, 0.1) is 10.1 Å². The molecule has 1 aromatic carbocycles. The van der Waals surface area contributed by atoms with Crippen molar-refractivity contribution in [3.63, 3.8) is 0 Å². The summed E-state index contributed by atoms with van der Waals surface area (Å²) in [5.74, 6) is 0. The van der Waals surface area contributed by atoms with Crippen LogP contribution in [0.4, 0.5) is 5.69 Å². The second-order valence-electron chi connectivity index (χ2n) is 4.29. The first kappa shape index (κ1) is 11.5. The number of halogens is 1. The van der Waals surface area contributed by atoms with Gasteiger partial charge in [-0.05, 0) is 24.5 Å². The lowest BCUT2D eigenvalue weighted by molar-refractivity contribution is -0.385. The maximum Gasteiger partial charge on any atom is 0.270 e. The van der Waals surface area contributed by atoms with Gasteiger partial charge in [-0.15, -0.1) is 0 Å². The Hall–Kier alpha value is -0.940. The second kappa shape index (κ2) is 4.14. The highest BCUT2D eigenvalue weighted by atomic mass is 79.9. The van der Waals surface area contributed by atoms with Crippen LogP contribution in [0.5, 0.6) is 0 Å². The molecular weight excluding hydrogens is 272 g/mol. The van der Waals surface area contributed by atoms with Crippen molar-refractivity contribution in [2.75, 3.05) is 6.54 Å². The quantitative estimate of drug-likeness (QED) is 0.685. The molecule has 0 spiro atoms. The number of nitro benzene ring substituents is 1. The molecule has 0 unspecified atom stereocenters. The van der Waals surface area contributed by atoms with Crippen molar-refractivity contribution in [2.24, 2.45) is 5.73 Å². The molecule has 86 valence electrons. The Kier molecular flexibility index (Phi) is 2.99. The normalized spacial score (nSPS) is 17.9. The summed E-state index contributed by atoms with van der Waals surface area (Å²) in [5, 5.41) is 10.8. The summed E-state index contributed by atoms with van der Waals surface area (Å²) in [6.45, 7) is 0.556. The Morgan fingerprint density at radius 2 is 2.12 bits per heavy atom. The van der Waals surface area contributed by atoms with Gasteiger partial charge >= 0.3 is 0 Å². The highest BCUT2D eigenvalue weighted by molar-refractivity contribution is 9.10. The van der Waals surface area contributed by atoms with E-state index in [2.05, 4.69) is 15.9 Å². The lowest BCUT2D eigenvalue weighted by Gasteiger charge is -2.41. The Morgan fingerprint density at radius 3 is 2.56 bits per heavy atom. The number of benzene rings is 1. The summed E-state index contributed by atoms with van der Waals surface area (Å²) in [6.07, 6.45) is 3.20. The SMILES string of the molecule is NCC1(c2cc(Br)cc([N+](=O)[O-])c2)CCC1. The fraction of sp³-hybridized carbons (Fsp3) is 0.455. The van der Waals surface area contributed by atoms with Gasteiger partial charge in [-0.2, -0.15) is 0 Å². The third-order valence-electron chi connectivity index (χ3n) is 3.41. The highest BCUT2D eigenvalue weighted by Crippen LogP contribution is 2.44. The number of nitrogens with zero attached hydrogens (tertiary/aromatic N) is 1. The predicted molar refractivity (Wildman–Crippen MR) is 65.4 cm³/mol. The molecule has 1 saturated carbocycles. The average molecular weight is 285 g/mol. The first-order valence-electron chi connectivity index (χ1n) is 5.23. The molecule has 0 atom stereocenters. The van der Waals surface area contributed by atoms with E-state index < -0.39 is 0 Å². The molecule has 5 heteroatoms. The fourth-order valence-electron chi connectivity index (χ4n) is 2.20. The molecule has 0 aliphatic heterocycles. The molecule has 4 nitrogen and oxygen atoms in total. The van der Waals surface area contributed by atoms with Crippen LogP contribution >= 0.6 is 15.9 Å². The Bertz CT molecular complexity index is 424. The molecule has 1 aliphatic carbocycles. The number of rotatable bonds is 3. The Balaban J connectivity index is 2.44. The van der Waals surface area contributed by atoms with Crippen molar-refractivity contribution in [3.8, 4) is 0 Å². The zero-order valence-electron chi connectivity index (χ0n) is 8.78. The summed E-state index contributed by atoms with van der Waals surface area (Å²) in [7, 11) is 0. The van der Waals surface area contributed by atoms with Crippen molar-refractivity contribution in [1.82, 2.24) is 0 Å². The minimum Gasteiger partial charge on any atom is -0.330 e. The van der Waals surface area contributed by atoms with Crippen LogP contribution in [0.3, 0.4) is 0 Å². The molecule has 0 radical (unpaired) electrons. The van der Waals surface area contributed by atoms with Crippen molar-refractivity contribution in [2.45, 2.75) is 24.7 Å². The van der Waals surface area contributed by atoms with Gasteiger partial charge in [0.05, 0.1) is 4.92 Å². The van der Waals surface area contributed by atoms with E-state index in [9.17, 15) is 10.1 Å². The number of nitrogens with two attached hydrogens (primary N) is 1. The van der Waals surface area contributed by atoms with Crippen molar-refractivity contribution < 1.29 is 4.92 Å². The van der Waals surface area contributed by atoms with Gasteiger partial charge < -0.3 is 5.73 Å². The molecule has 1 aliphatic rings. The minimum absolute atomic E-state index is 0.0332. The third kappa shape index (κ3) is 1.85. The Morgan fingerprint density at radius 1 is 1.44 bits per heavy atom. The van der Waals surface area contributed by atoms with E-state index in [-0.39, 0.29) is 16.0 Å². The number of hydrogen-bond donors (Lipinski definition) is 1. The molecule has 0 heterocycles. The lowest BCUT2D eigenvalue weighted by Crippen LogP contribution is -2.41. The topological polar surface area (TPSA) is 69.2 Å². The van der Waals surface area contributed by atoms with Crippen LogP contribution in [0.15, 0.2) is 22.7 Å². The van der Waals surface area contributed by atoms with Crippen LogP contribution in [-0.2, 0) is 5.41 Å². The average Bonchev–Trinajstić information content (AvgIpc) is 2.16. The smallest absolute Gasteiger partial charge is 0.270 e. The van der Waals surface area contributed by atoms with Crippen LogP contribution in [0.25, 0.3) is 0 Å². The molecule has 1 aromatic rings. The third-order valence-corrected chi connectivity index (χ3v) is 3.86. The molecule has 2 N–H and O–H groups in total. The van der Waals surface area contributed by atoms with Gasteiger partial charge in [0, 0.05) is 28.6 Å². The standard InChI is InChI=1S/C11H13BrN2O2/c12-9-4-8(5-10(6-9)14(15)16)11(7-13)2-1-3-11/h4-6H,1-3,7,13H2. The fourth-order valence-corrected chi connectivity index (χ4v) is 2.68. The van der Waals surface area contributed by atoms with Gasteiger partial charge in [0.25, 0.3) is 5.69 Å². The Labute approximate surface area is 102 Å². The molecule has 2 rings (SSSR count). The molecular formula is C11H13BrN2O2. The maximum absolute atomic E-state index is 10.8.